The number of aromatic nitrogens is 2. The Morgan fingerprint density at radius 2 is 1.84 bits per heavy atom. The summed E-state index contributed by atoms with van der Waals surface area (Å²) >= 11 is 0. The first-order valence-electron chi connectivity index (χ1n) is 14.5. The highest BCUT2D eigenvalue weighted by atomic mass is 19.4. The number of ether oxygens (including phenoxy) is 2. The fraction of sp³-hybridized carbons (Fsp3) is 0.419. The van der Waals surface area contributed by atoms with Crippen LogP contribution in [0.1, 0.15) is 57.5 Å². The molecule has 1 aliphatic carbocycles. The van der Waals surface area contributed by atoms with E-state index >= 15 is 4.39 Å². The molecular formula is C31H32F4N6O4. The maximum absolute atomic E-state index is 15.3. The number of halogens is 4. The summed E-state index contributed by atoms with van der Waals surface area (Å²) in [6, 6.07) is 6.77. The van der Waals surface area contributed by atoms with E-state index in [9.17, 15) is 22.8 Å². The lowest BCUT2D eigenvalue weighted by atomic mass is 9.67. The largest absolute Gasteiger partial charge is 0.495 e. The number of nitrogens with zero attached hydrogens (tertiary/aromatic N) is 4. The van der Waals surface area contributed by atoms with E-state index < -0.39 is 35.3 Å². The summed E-state index contributed by atoms with van der Waals surface area (Å²) in [5.74, 6) is -3.11. The number of fused-ring (bicyclic) bond motifs is 1. The lowest BCUT2D eigenvalue weighted by Crippen LogP contribution is -2.57. The molecule has 2 aliphatic heterocycles. The summed E-state index contributed by atoms with van der Waals surface area (Å²) in [5, 5.41) is 5.59. The number of anilines is 2. The Bertz CT molecular complexity index is 1650. The van der Waals surface area contributed by atoms with Crippen LogP contribution in [0, 0.1) is 11.2 Å². The molecular weight excluding hydrogens is 596 g/mol. The van der Waals surface area contributed by atoms with E-state index in [1.165, 1.54) is 24.1 Å². The average Bonchev–Trinajstić information content (AvgIpc) is 3.26. The number of nitrogens with one attached hydrogen (secondary N) is 2. The van der Waals surface area contributed by atoms with Crippen molar-refractivity contribution in [2.24, 2.45) is 5.41 Å². The van der Waals surface area contributed by atoms with Crippen LogP contribution in [-0.2, 0) is 12.7 Å². The van der Waals surface area contributed by atoms with E-state index in [-0.39, 0.29) is 46.8 Å². The van der Waals surface area contributed by atoms with E-state index in [2.05, 4.69) is 32.5 Å². The van der Waals surface area contributed by atoms with Gasteiger partial charge in [-0.15, -0.1) is 0 Å². The maximum Gasteiger partial charge on any atom is 0.423 e. The molecule has 3 aromatic rings. The number of benzene rings is 2. The number of amides is 2. The Morgan fingerprint density at radius 3 is 2.51 bits per heavy atom. The van der Waals surface area contributed by atoms with Crippen molar-refractivity contribution in [1.29, 1.82) is 0 Å². The second-order valence-electron chi connectivity index (χ2n) is 12.0. The molecule has 2 fully saturated rings. The van der Waals surface area contributed by atoms with E-state index in [0.717, 1.165) is 44.8 Å². The number of rotatable bonds is 7. The monoisotopic (exact) mass is 628 g/mol. The van der Waals surface area contributed by atoms with Crippen LogP contribution in [0.25, 0.3) is 0 Å². The van der Waals surface area contributed by atoms with E-state index in [1.54, 1.807) is 19.2 Å². The van der Waals surface area contributed by atoms with Crippen LogP contribution in [0.2, 0.25) is 0 Å². The predicted octanol–water partition coefficient (Wildman–Crippen LogP) is 5.37. The minimum atomic E-state index is -4.88. The molecule has 1 spiro atoms. The van der Waals surface area contributed by atoms with Crippen molar-refractivity contribution in [1.82, 2.24) is 25.1 Å². The van der Waals surface area contributed by atoms with Gasteiger partial charge in [-0.1, -0.05) is 12.1 Å². The van der Waals surface area contributed by atoms with E-state index in [0.29, 0.717) is 17.2 Å². The molecule has 45 heavy (non-hydrogen) atoms. The summed E-state index contributed by atoms with van der Waals surface area (Å²) in [4.78, 5) is 37.0. The predicted molar refractivity (Wildman–Crippen MR) is 155 cm³/mol. The Morgan fingerprint density at radius 1 is 1.11 bits per heavy atom. The molecule has 14 heteroatoms. The third-order valence-electron chi connectivity index (χ3n) is 8.72. The molecule has 3 aliphatic rings. The standard InChI is InChI=1S/C31H32F4N6O4/c1-40-15-30(16-40)9-7-18(8-10-30)37-26(42)19-11-24(44-3)22(12-21(19)32)38-29-36-13-20(31(33,34)35)27(39-29)45-23-6-4-5-17-14-41(2)28(43)25(17)23/h4-6,11-13,18H,7-10,14-16H2,1-3H3,(H,37,42)(H,36,38,39). The van der Waals surface area contributed by atoms with Gasteiger partial charge in [0.05, 0.1) is 23.9 Å². The second kappa shape index (κ2) is 11.5. The fourth-order valence-electron chi connectivity index (χ4n) is 6.52. The van der Waals surface area contributed by atoms with Gasteiger partial charge in [-0.3, -0.25) is 9.59 Å². The van der Waals surface area contributed by atoms with Gasteiger partial charge in [-0.05, 0) is 55.8 Å². The molecule has 6 rings (SSSR count). The normalized spacial score (nSPS) is 18.0. The number of hydrogen-bond acceptors (Lipinski definition) is 8. The lowest BCUT2D eigenvalue weighted by molar-refractivity contribution is -0.139. The summed E-state index contributed by atoms with van der Waals surface area (Å²) in [7, 11) is 4.96. The number of likely N-dealkylation sites (tertiary alicyclic amines) is 1. The third-order valence-corrected chi connectivity index (χ3v) is 8.72. The highest BCUT2D eigenvalue weighted by Crippen LogP contribution is 2.43. The van der Waals surface area contributed by atoms with Crippen LogP contribution in [-0.4, -0.2) is 71.9 Å². The highest BCUT2D eigenvalue weighted by molar-refractivity contribution is 6.01. The van der Waals surface area contributed by atoms with Gasteiger partial charge in [-0.25, -0.2) is 9.37 Å². The van der Waals surface area contributed by atoms with Crippen LogP contribution < -0.4 is 20.1 Å². The molecule has 0 atom stereocenters. The number of methoxy groups -OCH3 is 1. The molecule has 10 nitrogen and oxygen atoms in total. The van der Waals surface area contributed by atoms with Gasteiger partial charge in [0.1, 0.15) is 22.9 Å². The van der Waals surface area contributed by atoms with Crippen molar-refractivity contribution in [3.05, 3.63) is 64.6 Å². The fourth-order valence-corrected chi connectivity index (χ4v) is 6.52. The lowest BCUT2D eigenvalue weighted by Gasteiger charge is -2.52. The van der Waals surface area contributed by atoms with Crippen molar-refractivity contribution in [2.75, 3.05) is 39.6 Å². The first kappa shape index (κ1) is 30.6. The van der Waals surface area contributed by atoms with Crippen LogP contribution in [0.15, 0.2) is 36.5 Å². The Balaban J connectivity index is 1.22. The quantitative estimate of drug-likeness (QED) is 0.337. The van der Waals surface area contributed by atoms with Crippen molar-refractivity contribution < 1.29 is 36.6 Å². The van der Waals surface area contributed by atoms with Gasteiger partial charge < -0.3 is 29.9 Å². The third kappa shape index (κ3) is 5.98. The highest BCUT2D eigenvalue weighted by Gasteiger charge is 2.43. The zero-order valence-electron chi connectivity index (χ0n) is 24.9. The molecule has 2 amide bonds. The minimum Gasteiger partial charge on any atom is -0.495 e. The number of carbonyl (C=O) groups is 2. The van der Waals surface area contributed by atoms with Crippen LogP contribution in [0.3, 0.4) is 0 Å². The average molecular weight is 629 g/mol. The Labute approximate surface area is 256 Å². The Hall–Kier alpha value is -4.46. The summed E-state index contributed by atoms with van der Waals surface area (Å²) < 4.78 is 67.9. The van der Waals surface area contributed by atoms with Crippen LogP contribution in [0.5, 0.6) is 17.4 Å². The number of carbonyl (C=O) groups excluding carboxylic acids is 2. The van der Waals surface area contributed by atoms with Gasteiger partial charge in [0, 0.05) is 45.0 Å². The molecule has 1 aromatic heterocycles. The minimum absolute atomic E-state index is 0.0247. The topological polar surface area (TPSA) is 109 Å². The first-order chi connectivity index (χ1) is 21.4. The molecule has 238 valence electrons. The van der Waals surface area contributed by atoms with Crippen LogP contribution in [0.4, 0.5) is 29.2 Å². The molecule has 0 radical (unpaired) electrons. The molecule has 2 aromatic carbocycles. The van der Waals surface area contributed by atoms with Crippen molar-refractivity contribution in [2.45, 2.75) is 44.4 Å². The van der Waals surface area contributed by atoms with Crippen molar-refractivity contribution in [3.63, 3.8) is 0 Å². The summed E-state index contributed by atoms with van der Waals surface area (Å²) in [5.41, 5.74) is -0.466. The van der Waals surface area contributed by atoms with E-state index in [4.69, 9.17) is 9.47 Å². The molecule has 2 N–H and O–H groups in total. The summed E-state index contributed by atoms with van der Waals surface area (Å²) in [6.45, 7) is 2.39. The first-order valence-corrected chi connectivity index (χ1v) is 14.5. The zero-order chi connectivity index (χ0) is 32.1. The molecule has 3 heterocycles. The Kier molecular flexibility index (Phi) is 7.79. The molecule has 0 unspecified atom stereocenters. The zero-order valence-corrected chi connectivity index (χ0v) is 24.9. The van der Waals surface area contributed by atoms with Gasteiger partial charge in [0.25, 0.3) is 11.8 Å². The number of hydrogen-bond donors (Lipinski definition) is 2. The van der Waals surface area contributed by atoms with Crippen LogP contribution >= 0.6 is 0 Å². The van der Waals surface area contributed by atoms with Gasteiger partial charge in [0.2, 0.25) is 11.8 Å². The van der Waals surface area contributed by atoms with Gasteiger partial charge in [0.15, 0.2) is 0 Å². The number of alkyl halides is 3. The molecule has 0 bridgehead atoms. The van der Waals surface area contributed by atoms with Gasteiger partial charge >= 0.3 is 6.18 Å². The smallest absolute Gasteiger partial charge is 0.423 e. The summed E-state index contributed by atoms with van der Waals surface area (Å²) in [6.07, 6.45) is -0.735. The van der Waals surface area contributed by atoms with E-state index in [1.807, 2.05) is 0 Å². The van der Waals surface area contributed by atoms with Crippen molar-refractivity contribution >= 4 is 23.5 Å². The maximum atomic E-state index is 15.3. The van der Waals surface area contributed by atoms with Gasteiger partial charge in [-0.2, -0.15) is 18.2 Å². The SMILES string of the molecule is COc1cc(C(=O)NC2CCC3(CC2)CN(C)C3)c(F)cc1Nc1ncc(C(F)(F)F)c(Oc2cccc3c2C(=O)N(C)C3)n1. The molecule has 1 saturated heterocycles. The van der Waals surface area contributed by atoms with Crippen molar-refractivity contribution in [3.8, 4) is 17.4 Å². The second-order valence-corrected chi connectivity index (χ2v) is 12.0. The molecule has 1 saturated carbocycles.